The normalized spacial score (nSPS) is 14.4. The minimum Gasteiger partial charge on any atom is -0.461 e. The summed E-state index contributed by atoms with van der Waals surface area (Å²) >= 11 is 1.50. The number of aryl methyl sites for hydroxylation is 1. The van der Waals surface area contributed by atoms with Crippen molar-refractivity contribution in [3.05, 3.63) is 54.1 Å². The Bertz CT molecular complexity index is 1120. The number of para-hydroxylation sites is 1. The SMILES string of the molecule is Cc1ccccc1-n1c(SCc2nc(-c3ccco3)no2)nnc1N1CCOCC1. The molecule has 0 aliphatic carbocycles. The van der Waals surface area contributed by atoms with E-state index in [4.69, 9.17) is 13.7 Å². The highest BCUT2D eigenvalue weighted by molar-refractivity contribution is 7.98. The maximum absolute atomic E-state index is 5.50. The number of rotatable bonds is 6. The second-order valence-corrected chi connectivity index (χ2v) is 7.72. The summed E-state index contributed by atoms with van der Waals surface area (Å²) in [6.07, 6.45) is 1.58. The molecule has 5 rings (SSSR count). The molecule has 4 aromatic rings. The fourth-order valence-corrected chi connectivity index (χ4v) is 4.07. The van der Waals surface area contributed by atoms with Crippen LogP contribution in [0.25, 0.3) is 17.3 Å². The van der Waals surface area contributed by atoms with Gasteiger partial charge in [-0.3, -0.25) is 4.57 Å². The van der Waals surface area contributed by atoms with Gasteiger partial charge in [-0.05, 0) is 30.7 Å². The van der Waals surface area contributed by atoms with Crippen LogP contribution in [-0.4, -0.2) is 51.2 Å². The van der Waals surface area contributed by atoms with Gasteiger partial charge in [-0.2, -0.15) is 4.98 Å². The number of hydrogen-bond acceptors (Lipinski definition) is 9. The average molecular weight is 424 g/mol. The highest BCUT2D eigenvalue weighted by Gasteiger charge is 2.23. The minimum atomic E-state index is 0.435. The summed E-state index contributed by atoms with van der Waals surface area (Å²) in [7, 11) is 0. The second kappa shape index (κ2) is 8.33. The molecule has 0 spiro atoms. The van der Waals surface area contributed by atoms with Crippen molar-refractivity contribution >= 4 is 17.7 Å². The lowest BCUT2D eigenvalue weighted by Crippen LogP contribution is -2.38. The molecule has 0 N–H and O–H groups in total. The molecule has 10 heteroatoms. The zero-order valence-electron chi connectivity index (χ0n) is 16.4. The highest BCUT2D eigenvalue weighted by Crippen LogP contribution is 2.30. The maximum atomic E-state index is 5.50. The van der Waals surface area contributed by atoms with E-state index in [-0.39, 0.29) is 0 Å². The quantitative estimate of drug-likeness (QED) is 0.432. The molecule has 1 aliphatic rings. The standard InChI is InChI=1S/C20H20N6O3S/c1-14-5-2-3-6-15(14)26-19(25-8-11-27-12-9-25)22-23-20(26)30-13-17-21-18(24-29-17)16-7-4-10-28-16/h2-7,10H,8-9,11-13H2,1H3. The van der Waals surface area contributed by atoms with Crippen LogP contribution >= 0.6 is 11.8 Å². The number of anilines is 1. The van der Waals surface area contributed by atoms with Crippen LogP contribution in [0.15, 0.2) is 56.8 Å². The summed E-state index contributed by atoms with van der Waals surface area (Å²) in [5.74, 6) is 2.80. The Balaban J connectivity index is 1.43. The molecule has 0 radical (unpaired) electrons. The predicted molar refractivity (Wildman–Crippen MR) is 111 cm³/mol. The smallest absolute Gasteiger partial charge is 0.238 e. The topological polar surface area (TPSA) is 95.2 Å². The van der Waals surface area contributed by atoms with Crippen LogP contribution in [0.3, 0.4) is 0 Å². The Kier molecular flexibility index (Phi) is 5.24. The Morgan fingerprint density at radius 2 is 1.93 bits per heavy atom. The van der Waals surface area contributed by atoms with Crippen molar-refractivity contribution in [2.75, 3.05) is 31.2 Å². The third-order valence-electron chi connectivity index (χ3n) is 4.80. The lowest BCUT2D eigenvalue weighted by atomic mass is 10.2. The van der Waals surface area contributed by atoms with Crippen LogP contribution in [0.1, 0.15) is 11.5 Å². The van der Waals surface area contributed by atoms with E-state index in [9.17, 15) is 0 Å². The van der Waals surface area contributed by atoms with Gasteiger partial charge in [-0.25, -0.2) is 0 Å². The first kappa shape index (κ1) is 18.9. The van der Waals surface area contributed by atoms with E-state index in [0.717, 1.165) is 35.4 Å². The van der Waals surface area contributed by atoms with Crippen LogP contribution in [0.2, 0.25) is 0 Å². The number of hydrogen-bond donors (Lipinski definition) is 0. The number of furan rings is 1. The first-order valence-electron chi connectivity index (χ1n) is 9.63. The molecule has 154 valence electrons. The van der Waals surface area contributed by atoms with Gasteiger partial charge in [0, 0.05) is 13.1 Å². The summed E-state index contributed by atoms with van der Waals surface area (Å²) in [6, 6.07) is 11.8. The lowest BCUT2D eigenvalue weighted by molar-refractivity contribution is 0.122. The van der Waals surface area contributed by atoms with E-state index >= 15 is 0 Å². The molecule has 1 aromatic carbocycles. The Labute approximate surface area is 177 Å². The Morgan fingerprint density at radius 1 is 1.07 bits per heavy atom. The minimum absolute atomic E-state index is 0.435. The van der Waals surface area contributed by atoms with Crippen molar-refractivity contribution in [3.8, 4) is 17.3 Å². The molecule has 3 aromatic heterocycles. The van der Waals surface area contributed by atoms with E-state index in [0.29, 0.717) is 36.4 Å². The maximum Gasteiger partial charge on any atom is 0.238 e. The number of aromatic nitrogens is 5. The molecule has 30 heavy (non-hydrogen) atoms. The molecule has 4 heterocycles. The van der Waals surface area contributed by atoms with Gasteiger partial charge in [0.15, 0.2) is 10.9 Å². The molecule has 9 nitrogen and oxygen atoms in total. The van der Waals surface area contributed by atoms with E-state index in [2.05, 4.69) is 48.9 Å². The van der Waals surface area contributed by atoms with Crippen LogP contribution in [-0.2, 0) is 10.5 Å². The average Bonchev–Trinajstić information content (AvgIpc) is 3.53. The van der Waals surface area contributed by atoms with E-state index < -0.39 is 0 Å². The van der Waals surface area contributed by atoms with Crippen LogP contribution < -0.4 is 4.90 Å². The monoisotopic (exact) mass is 424 g/mol. The number of morpholine rings is 1. The van der Waals surface area contributed by atoms with E-state index in [1.807, 2.05) is 12.1 Å². The van der Waals surface area contributed by atoms with Crippen molar-refractivity contribution in [1.29, 1.82) is 0 Å². The zero-order chi connectivity index (χ0) is 20.3. The van der Waals surface area contributed by atoms with Crippen molar-refractivity contribution in [2.24, 2.45) is 0 Å². The predicted octanol–water partition coefficient (Wildman–Crippen LogP) is 3.35. The fraction of sp³-hybridized carbons (Fsp3) is 0.300. The van der Waals surface area contributed by atoms with Gasteiger partial charge in [0.1, 0.15) is 0 Å². The molecule has 0 amide bonds. The molecule has 1 fully saturated rings. The number of thioether (sulfide) groups is 1. The summed E-state index contributed by atoms with van der Waals surface area (Å²) in [5.41, 5.74) is 2.19. The largest absolute Gasteiger partial charge is 0.461 e. The molecule has 1 saturated heterocycles. The first-order chi connectivity index (χ1) is 14.8. The zero-order valence-corrected chi connectivity index (χ0v) is 17.2. The van der Waals surface area contributed by atoms with Crippen molar-refractivity contribution in [1.82, 2.24) is 24.9 Å². The number of nitrogens with zero attached hydrogens (tertiary/aromatic N) is 6. The first-order valence-corrected chi connectivity index (χ1v) is 10.6. The number of benzene rings is 1. The summed E-state index contributed by atoms with van der Waals surface area (Å²) < 4.78 is 18.3. The van der Waals surface area contributed by atoms with Crippen molar-refractivity contribution in [3.63, 3.8) is 0 Å². The molecular weight excluding hydrogens is 404 g/mol. The van der Waals surface area contributed by atoms with Crippen LogP contribution in [0.5, 0.6) is 0 Å². The Hall–Kier alpha value is -3.11. The molecule has 0 bridgehead atoms. The van der Waals surface area contributed by atoms with E-state index in [1.165, 1.54) is 11.8 Å². The van der Waals surface area contributed by atoms with Gasteiger partial charge in [-0.15, -0.1) is 10.2 Å². The number of ether oxygens (including phenoxy) is 1. The molecule has 1 aliphatic heterocycles. The molecular formula is C20H20N6O3S. The second-order valence-electron chi connectivity index (χ2n) is 6.78. The highest BCUT2D eigenvalue weighted by atomic mass is 32.2. The molecule has 0 saturated carbocycles. The summed E-state index contributed by atoms with van der Waals surface area (Å²) in [6.45, 7) is 5.01. The Morgan fingerprint density at radius 3 is 2.73 bits per heavy atom. The molecule has 0 atom stereocenters. The third kappa shape index (κ3) is 3.71. The van der Waals surface area contributed by atoms with Crippen LogP contribution in [0.4, 0.5) is 5.95 Å². The van der Waals surface area contributed by atoms with Crippen LogP contribution in [0, 0.1) is 6.92 Å². The lowest BCUT2D eigenvalue weighted by Gasteiger charge is -2.28. The summed E-state index contributed by atoms with van der Waals surface area (Å²) in [5, 5.41) is 13.7. The van der Waals surface area contributed by atoms with Gasteiger partial charge in [0.2, 0.25) is 17.7 Å². The van der Waals surface area contributed by atoms with E-state index in [1.54, 1.807) is 18.4 Å². The third-order valence-corrected chi connectivity index (χ3v) is 5.71. The van der Waals surface area contributed by atoms with Gasteiger partial charge < -0.3 is 18.6 Å². The molecule has 0 unspecified atom stereocenters. The van der Waals surface area contributed by atoms with Gasteiger partial charge in [0.25, 0.3) is 0 Å². The fourth-order valence-electron chi connectivity index (χ4n) is 3.29. The van der Waals surface area contributed by atoms with Crippen molar-refractivity contribution in [2.45, 2.75) is 17.8 Å². The summed E-state index contributed by atoms with van der Waals surface area (Å²) in [4.78, 5) is 6.61. The van der Waals surface area contributed by atoms with Gasteiger partial charge in [-0.1, -0.05) is 35.1 Å². The van der Waals surface area contributed by atoms with Gasteiger partial charge in [0.05, 0.1) is 30.9 Å². The van der Waals surface area contributed by atoms with Crippen molar-refractivity contribution < 1.29 is 13.7 Å². The van der Waals surface area contributed by atoms with Gasteiger partial charge >= 0.3 is 0 Å².